The highest BCUT2D eigenvalue weighted by atomic mass is 32.2. The molecule has 1 aliphatic carbocycles. The zero-order valence-corrected chi connectivity index (χ0v) is 20.6. The van der Waals surface area contributed by atoms with Gasteiger partial charge in [0.2, 0.25) is 15.9 Å². The van der Waals surface area contributed by atoms with E-state index in [0.29, 0.717) is 28.9 Å². The standard InChI is InChI=1S/C24H26N4O4S2/c1-16-12-17(2)26-24(25-16)33-15-23(29)27-20-5-3-4-18(13-20)14-32-21-8-6-19(7-9-21)28-34(30,31)22-10-11-22/h3-9,12-13,22,28H,10-11,14-15H2,1-2H3,(H,27,29). The van der Waals surface area contributed by atoms with Crippen molar-refractivity contribution < 1.29 is 17.9 Å². The summed E-state index contributed by atoms with van der Waals surface area (Å²) in [6.07, 6.45) is 1.44. The highest BCUT2D eigenvalue weighted by molar-refractivity contribution is 7.99. The molecule has 2 aromatic carbocycles. The smallest absolute Gasteiger partial charge is 0.235 e. The fraction of sp³-hybridized carbons (Fsp3) is 0.292. The third-order valence-corrected chi connectivity index (χ3v) is 7.70. The van der Waals surface area contributed by atoms with E-state index in [2.05, 4.69) is 20.0 Å². The number of rotatable bonds is 10. The van der Waals surface area contributed by atoms with Crippen molar-refractivity contribution in [1.29, 1.82) is 0 Å². The average molecular weight is 499 g/mol. The van der Waals surface area contributed by atoms with Crippen LogP contribution in [-0.4, -0.2) is 35.3 Å². The number of nitrogens with zero attached hydrogens (tertiary/aromatic N) is 2. The lowest BCUT2D eigenvalue weighted by Gasteiger charge is -2.10. The number of aromatic nitrogens is 2. The number of carbonyl (C=O) groups excluding carboxylic acids is 1. The maximum atomic E-state index is 12.4. The minimum Gasteiger partial charge on any atom is -0.489 e. The van der Waals surface area contributed by atoms with Crippen molar-refractivity contribution in [3.8, 4) is 5.75 Å². The Balaban J connectivity index is 1.27. The first-order valence-electron chi connectivity index (χ1n) is 10.9. The summed E-state index contributed by atoms with van der Waals surface area (Å²) in [7, 11) is -3.28. The summed E-state index contributed by atoms with van der Waals surface area (Å²) in [5.41, 5.74) is 3.84. The summed E-state index contributed by atoms with van der Waals surface area (Å²) < 4.78 is 32.5. The monoisotopic (exact) mass is 498 g/mol. The van der Waals surface area contributed by atoms with Gasteiger partial charge in [-0.2, -0.15) is 0 Å². The predicted molar refractivity (Wildman–Crippen MR) is 134 cm³/mol. The number of aryl methyl sites for hydroxylation is 2. The maximum absolute atomic E-state index is 12.4. The van der Waals surface area contributed by atoms with Crippen LogP contribution in [-0.2, 0) is 21.4 Å². The first-order valence-corrected chi connectivity index (χ1v) is 13.4. The molecule has 0 atom stereocenters. The molecule has 8 nitrogen and oxygen atoms in total. The van der Waals surface area contributed by atoms with E-state index in [1.54, 1.807) is 24.3 Å². The second-order valence-electron chi connectivity index (χ2n) is 8.13. The number of nitrogens with one attached hydrogen (secondary N) is 2. The van der Waals surface area contributed by atoms with Gasteiger partial charge in [0.25, 0.3) is 0 Å². The lowest BCUT2D eigenvalue weighted by atomic mass is 10.2. The van der Waals surface area contributed by atoms with Crippen molar-refractivity contribution in [3.05, 3.63) is 71.5 Å². The van der Waals surface area contributed by atoms with Crippen LogP contribution in [0.3, 0.4) is 0 Å². The van der Waals surface area contributed by atoms with Crippen LogP contribution in [0.25, 0.3) is 0 Å². The molecule has 1 fully saturated rings. The minimum atomic E-state index is -3.28. The molecule has 4 rings (SSSR count). The molecule has 1 aromatic heterocycles. The van der Waals surface area contributed by atoms with E-state index in [-0.39, 0.29) is 16.9 Å². The minimum absolute atomic E-state index is 0.143. The van der Waals surface area contributed by atoms with Gasteiger partial charge in [0.15, 0.2) is 5.16 Å². The molecule has 0 saturated heterocycles. The topological polar surface area (TPSA) is 110 Å². The van der Waals surface area contributed by atoms with Gasteiger partial charge in [-0.3, -0.25) is 9.52 Å². The van der Waals surface area contributed by atoms with Gasteiger partial charge in [-0.1, -0.05) is 23.9 Å². The molecule has 1 heterocycles. The molecule has 0 radical (unpaired) electrons. The van der Waals surface area contributed by atoms with Crippen molar-refractivity contribution in [2.24, 2.45) is 0 Å². The van der Waals surface area contributed by atoms with Gasteiger partial charge in [0.05, 0.1) is 11.0 Å². The summed E-state index contributed by atoms with van der Waals surface area (Å²) >= 11 is 1.30. The number of benzene rings is 2. The summed E-state index contributed by atoms with van der Waals surface area (Å²) in [6.45, 7) is 4.11. The van der Waals surface area contributed by atoms with Gasteiger partial charge in [-0.25, -0.2) is 18.4 Å². The number of amides is 1. The van der Waals surface area contributed by atoms with E-state index < -0.39 is 10.0 Å². The molecule has 0 spiro atoms. The Kier molecular flexibility index (Phi) is 7.38. The second kappa shape index (κ2) is 10.4. The van der Waals surface area contributed by atoms with Crippen LogP contribution in [0.15, 0.2) is 59.8 Å². The van der Waals surface area contributed by atoms with Gasteiger partial charge in [-0.15, -0.1) is 0 Å². The molecule has 34 heavy (non-hydrogen) atoms. The van der Waals surface area contributed by atoms with Crippen molar-refractivity contribution in [2.45, 2.75) is 43.7 Å². The first kappa shape index (κ1) is 24.0. The van der Waals surface area contributed by atoms with Crippen LogP contribution in [0.1, 0.15) is 29.8 Å². The molecule has 178 valence electrons. The van der Waals surface area contributed by atoms with Crippen LogP contribution in [0.5, 0.6) is 5.75 Å². The van der Waals surface area contributed by atoms with Crippen LogP contribution in [0.4, 0.5) is 11.4 Å². The summed E-state index contributed by atoms with van der Waals surface area (Å²) in [5, 5.41) is 3.20. The normalized spacial score (nSPS) is 13.4. The summed E-state index contributed by atoms with van der Waals surface area (Å²) in [4.78, 5) is 21.0. The van der Waals surface area contributed by atoms with Crippen molar-refractivity contribution in [1.82, 2.24) is 9.97 Å². The van der Waals surface area contributed by atoms with Crippen LogP contribution in [0.2, 0.25) is 0 Å². The molecule has 3 aromatic rings. The molecule has 0 unspecified atom stereocenters. The van der Waals surface area contributed by atoms with Crippen LogP contribution >= 0.6 is 11.8 Å². The van der Waals surface area contributed by atoms with Gasteiger partial charge in [0.1, 0.15) is 12.4 Å². The molecule has 0 aliphatic heterocycles. The SMILES string of the molecule is Cc1cc(C)nc(SCC(=O)Nc2cccc(COc3ccc(NS(=O)(=O)C4CC4)cc3)c2)n1. The number of hydrogen-bond donors (Lipinski definition) is 2. The highest BCUT2D eigenvalue weighted by Crippen LogP contribution is 2.30. The van der Waals surface area contributed by atoms with Crippen LogP contribution in [0, 0.1) is 13.8 Å². The Labute approximate surface area is 203 Å². The Morgan fingerprint density at radius 1 is 1.03 bits per heavy atom. The van der Waals surface area contributed by atoms with Gasteiger partial charge in [-0.05, 0) is 74.7 Å². The van der Waals surface area contributed by atoms with Gasteiger partial charge < -0.3 is 10.1 Å². The molecule has 1 saturated carbocycles. The van der Waals surface area contributed by atoms with E-state index in [0.717, 1.165) is 29.8 Å². The number of ether oxygens (including phenoxy) is 1. The number of sulfonamides is 1. The fourth-order valence-electron chi connectivity index (χ4n) is 3.24. The number of hydrogen-bond acceptors (Lipinski definition) is 7. The molecule has 10 heteroatoms. The third-order valence-electron chi connectivity index (χ3n) is 4.99. The molecule has 2 N–H and O–H groups in total. The van der Waals surface area contributed by atoms with Gasteiger partial charge >= 0.3 is 0 Å². The Morgan fingerprint density at radius 2 is 1.74 bits per heavy atom. The number of carbonyl (C=O) groups is 1. The third kappa shape index (κ3) is 6.94. The number of anilines is 2. The summed E-state index contributed by atoms with van der Waals surface area (Å²) in [6, 6.07) is 16.1. The van der Waals surface area contributed by atoms with E-state index in [4.69, 9.17) is 4.74 Å². The Hall–Kier alpha value is -3.11. The van der Waals surface area contributed by atoms with Crippen molar-refractivity contribution in [3.63, 3.8) is 0 Å². The molecule has 1 aliphatic rings. The lowest BCUT2D eigenvalue weighted by molar-refractivity contribution is -0.113. The largest absolute Gasteiger partial charge is 0.489 e. The quantitative estimate of drug-likeness (QED) is 0.317. The number of thioether (sulfide) groups is 1. The van der Waals surface area contributed by atoms with Gasteiger partial charge in [0, 0.05) is 22.8 Å². The molecular weight excluding hydrogens is 472 g/mol. The Bertz CT molecular complexity index is 1260. The maximum Gasteiger partial charge on any atom is 0.235 e. The van der Waals surface area contributed by atoms with Crippen LogP contribution < -0.4 is 14.8 Å². The zero-order chi connectivity index (χ0) is 24.1. The first-order chi connectivity index (χ1) is 16.3. The molecular formula is C24H26N4O4S2. The zero-order valence-electron chi connectivity index (χ0n) is 18.9. The van der Waals surface area contributed by atoms with E-state index in [9.17, 15) is 13.2 Å². The predicted octanol–water partition coefficient (Wildman–Crippen LogP) is 4.31. The second-order valence-corrected chi connectivity index (χ2v) is 11.0. The highest BCUT2D eigenvalue weighted by Gasteiger charge is 2.35. The van der Waals surface area contributed by atoms with Crippen molar-refractivity contribution >= 4 is 39.1 Å². The summed E-state index contributed by atoms with van der Waals surface area (Å²) in [5.74, 6) is 0.684. The van der Waals surface area contributed by atoms with Crippen molar-refractivity contribution in [2.75, 3.05) is 15.8 Å². The fourth-order valence-corrected chi connectivity index (χ4v) is 5.37. The van der Waals surface area contributed by atoms with E-state index in [1.807, 2.05) is 44.2 Å². The Morgan fingerprint density at radius 3 is 2.41 bits per heavy atom. The average Bonchev–Trinajstić information content (AvgIpc) is 3.63. The van der Waals surface area contributed by atoms with E-state index in [1.165, 1.54) is 11.8 Å². The molecule has 1 amide bonds. The van der Waals surface area contributed by atoms with E-state index >= 15 is 0 Å². The lowest BCUT2D eigenvalue weighted by Crippen LogP contribution is -2.17. The molecule has 0 bridgehead atoms.